The zero-order chi connectivity index (χ0) is 25.3. The number of hydrogen-bond acceptors (Lipinski definition) is 4. The van der Waals surface area contributed by atoms with Crippen LogP contribution in [0.1, 0.15) is 51.3 Å². The summed E-state index contributed by atoms with van der Waals surface area (Å²) in [5, 5.41) is 12.8. The van der Waals surface area contributed by atoms with Crippen molar-refractivity contribution in [3.05, 3.63) is 53.6 Å². The summed E-state index contributed by atoms with van der Waals surface area (Å²) in [6, 6.07) is 13.6. The van der Waals surface area contributed by atoms with E-state index in [1.807, 2.05) is 39.0 Å². The Morgan fingerprint density at radius 1 is 1.14 bits per heavy atom. The molecule has 0 aliphatic carbocycles. The molecule has 0 bridgehead atoms. The molecule has 2 aromatic carbocycles. The first-order valence-corrected chi connectivity index (χ1v) is 12.2. The standard InChI is InChI=1S/C27H34N4O4.ClH/c1-17(2)30(27(34)35)25-13-18(3)31(19(4)32)24-10-9-22(14-23(24)25)21-7-5-20(6-8-21)15-29-12-11-28-26(33)16-29;/h5-10,14,17-18,25H,11-13,15-16H2,1-4H3,(H,28,33)(H,34,35);1H/t18-,25+;/m0./s1. The predicted molar refractivity (Wildman–Crippen MR) is 142 cm³/mol. The van der Waals surface area contributed by atoms with Gasteiger partial charge in [0.15, 0.2) is 0 Å². The molecule has 4 rings (SSSR count). The normalized spacial score (nSPS) is 19.8. The van der Waals surface area contributed by atoms with Gasteiger partial charge in [-0.2, -0.15) is 0 Å². The number of nitrogens with one attached hydrogen (secondary N) is 1. The zero-order valence-corrected chi connectivity index (χ0v) is 22.0. The van der Waals surface area contributed by atoms with Gasteiger partial charge in [-0.05, 0) is 61.6 Å². The van der Waals surface area contributed by atoms with Crippen LogP contribution in [-0.2, 0) is 16.1 Å². The third-order valence-electron chi connectivity index (χ3n) is 6.91. The average Bonchev–Trinajstić information content (AvgIpc) is 2.78. The molecule has 0 aromatic heterocycles. The fourth-order valence-corrected chi connectivity index (χ4v) is 5.36. The molecule has 2 aromatic rings. The molecule has 3 amide bonds. The Balaban J connectivity index is 0.00000361. The topological polar surface area (TPSA) is 93.2 Å². The van der Waals surface area contributed by atoms with Crippen LogP contribution in [0.5, 0.6) is 0 Å². The van der Waals surface area contributed by atoms with Gasteiger partial charge in [0.1, 0.15) is 0 Å². The van der Waals surface area contributed by atoms with Crippen molar-refractivity contribution < 1.29 is 19.5 Å². The molecule has 0 spiro atoms. The number of piperazine rings is 1. The van der Waals surface area contributed by atoms with Crippen LogP contribution in [0.25, 0.3) is 11.1 Å². The summed E-state index contributed by atoms with van der Waals surface area (Å²) >= 11 is 0. The van der Waals surface area contributed by atoms with Crippen molar-refractivity contribution >= 4 is 36.0 Å². The summed E-state index contributed by atoms with van der Waals surface area (Å²) in [5.41, 5.74) is 4.76. The summed E-state index contributed by atoms with van der Waals surface area (Å²) in [6.07, 6.45) is -0.413. The Labute approximate surface area is 218 Å². The maximum atomic E-state index is 12.5. The fourth-order valence-electron chi connectivity index (χ4n) is 5.36. The maximum absolute atomic E-state index is 12.5. The van der Waals surface area contributed by atoms with Crippen LogP contribution in [0, 0.1) is 0 Å². The summed E-state index contributed by atoms with van der Waals surface area (Å²) in [6.45, 7) is 9.91. The van der Waals surface area contributed by atoms with Crippen molar-refractivity contribution in [2.45, 2.75) is 58.8 Å². The number of benzene rings is 2. The lowest BCUT2D eigenvalue weighted by atomic mass is 9.87. The van der Waals surface area contributed by atoms with Gasteiger partial charge >= 0.3 is 6.09 Å². The molecule has 194 valence electrons. The van der Waals surface area contributed by atoms with Crippen LogP contribution in [0.15, 0.2) is 42.5 Å². The van der Waals surface area contributed by atoms with Crippen LogP contribution in [0.3, 0.4) is 0 Å². The second kappa shape index (κ2) is 11.3. The highest BCUT2D eigenvalue weighted by atomic mass is 35.5. The van der Waals surface area contributed by atoms with E-state index in [2.05, 4.69) is 34.5 Å². The number of carbonyl (C=O) groups is 3. The van der Waals surface area contributed by atoms with Crippen molar-refractivity contribution in [1.82, 2.24) is 15.1 Å². The van der Waals surface area contributed by atoms with Crippen molar-refractivity contribution in [2.24, 2.45) is 0 Å². The van der Waals surface area contributed by atoms with Gasteiger partial charge in [-0.25, -0.2) is 4.79 Å². The Kier molecular flexibility index (Phi) is 8.63. The first kappa shape index (κ1) is 27.5. The van der Waals surface area contributed by atoms with Crippen molar-refractivity contribution in [1.29, 1.82) is 0 Å². The molecule has 2 aliphatic heterocycles. The fraction of sp³-hybridized carbons (Fsp3) is 0.444. The van der Waals surface area contributed by atoms with E-state index in [1.165, 1.54) is 4.90 Å². The van der Waals surface area contributed by atoms with Gasteiger partial charge in [0, 0.05) is 44.3 Å². The van der Waals surface area contributed by atoms with Gasteiger partial charge in [0.05, 0.1) is 12.6 Å². The third kappa shape index (κ3) is 5.65. The molecule has 1 fully saturated rings. The lowest BCUT2D eigenvalue weighted by molar-refractivity contribution is -0.124. The number of hydrogen-bond donors (Lipinski definition) is 2. The Morgan fingerprint density at radius 3 is 2.39 bits per heavy atom. The van der Waals surface area contributed by atoms with Crippen LogP contribution >= 0.6 is 12.4 Å². The quantitative estimate of drug-likeness (QED) is 0.621. The lowest BCUT2D eigenvalue weighted by Gasteiger charge is -2.43. The van der Waals surface area contributed by atoms with Crippen LogP contribution in [-0.4, -0.2) is 64.5 Å². The number of halogens is 1. The molecule has 36 heavy (non-hydrogen) atoms. The smallest absolute Gasteiger partial charge is 0.408 e. The van der Waals surface area contributed by atoms with Crippen molar-refractivity contribution in [2.75, 3.05) is 24.5 Å². The largest absolute Gasteiger partial charge is 0.465 e. The monoisotopic (exact) mass is 514 g/mol. The van der Waals surface area contributed by atoms with E-state index >= 15 is 0 Å². The molecule has 2 aliphatic rings. The highest BCUT2D eigenvalue weighted by Gasteiger charge is 2.38. The summed E-state index contributed by atoms with van der Waals surface area (Å²) in [4.78, 5) is 41.7. The molecule has 2 atom stereocenters. The van der Waals surface area contributed by atoms with E-state index in [-0.39, 0.29) is 42.3 Å². The number of carboxylic acid groups (broad SMARTS) is 1. The third-order valence-corrected chi connectivity index (χ3v) is 6.91. The Morgan fingerprint density at radius 2 is 1.81 bits per heavy atom. The van der Waals surface area contributed by atoms with E-state index in [9.17, 15) is 19.5 Å². The summed E-state index contributed by atoms with van der Waals surface area (Å²) in [7, 11) is 0. The molecule has 2 N–H and O–H groups in total. The van der Waals surface area contributed by atoms with Gasteiger partial charge in [-0.3, -0.25) is 19.4 Å². The first-order valence-electron chi connectivity index (χ1n) is 12.2. The minimum absolute atomic E-state index is 0. The van der Waals surface area contributed by atoms with Gasteiger partial charge in [-0.1, -0.05) is 30.3 Å². The molecular formula is C27H35ClN4O4. The summed E-state index contributed by atoms with van der Waals surface area (Å²) in [5.74, 6) is 0.00864. The van der Waals surface area contributed by atoms with Gasteiger partial charge in [0.25, 0.3) is 0 Å². The first-order chi connectivity index (χ1) is 16.7. The molecular weight excluding hydrogens is 480 g/mol. The van der Waals surface area contributed by atoms with Crippen LogP contribution in [0.4, 0.5) is 10.5 Å². The SMILES string of the molecule is CC(=O)N1c2ccc(-c3ccc(CN4CCNC(=O)C4)cc3)cc2[C@H](N(C(=O)O)C(C)C)C[C@@H]1C.Cl. The maximum Gasteiger partial charge on any atom is 0.408 e. The van der Waals surface area contributed by atoms with E-state index < -0.39 is 6.09 Å². The van der Waals surface area contributed by atoms with Gasteiger partial charge < -0.3 is 15.3 Å². The molecule has 8 nitrogen and oxygen atoms in total. The number of amides is 3. The van der Waals surface area contributed by atoms with Crippen LogP contribution < -0.4 is 10.2 Å². The minimum atomic E-state index is -0.958. The van der Waals surface area contributed by atoms with Crippen molar-refractivity contribution in [3.63, 3.8) is 0 Å². The molecule has 1 saturated heterocycles. The number of nitrogens with zero attached hydrogens (tertiary/aromatic N) is 3. The van der Waals surface area contributed by atoms with E-state index in [0.717, 1.165) is 34.5 Å². The highest BCUT2D eigenvalue weighted by Crippen LogP contribution is 2.43. The van der Waals surface area contributed by atoms with Crippen LogP contribution in [0.2, 0.25) is 0 Å². The molecule has 0 unspecified atom stereocenters. The lowest BCUT2D eigenvalue weighted by Crippen LogP contribution is -2.48. The van der Waals surface area contributed by atoms with E-state index in [0.29, 0.717) is 26.1 Å². The number of rotatable bonds is 5. The number of fused-ring (bicyclic) bond motifs is 1. The zero-order valence-electron chi connectivity index (χ0n) is 21.2. The number of anilines is 1. The Bertz CT molecular complexity index is 1120. The second-order valence-corrected chi connectivity index (χ2v) is 9.80. The van der Waals surface area contributed by atoms with Crippen molar-refractivity contribution in [3.8, 4) is 11.1 Å². The summed E-state index contributed by atoms with van der Waals surface area (Å²) < 4.78 is 0. The number of carbonyl (C=O) groups excluding carboxylic acids is 2. The van der Waals surface area contributed by atoms with E-state index in [4.69, 9.17) is 0 Å². The Hall–Kier alpha value is -3.10. The highest BCUT2D eigenvalue weighted by molar-refractivity contribution is 5.94. The molecule has 9 heteroatoms. The van der Waals surface area contributed by atoms with E-state index in [1.54, 1.807) is 11.8 Å². The molecule has 0 saturated carbocycles. The second-order valence-electron chi connectivity index (χ2n) is 9.80. The predicted octanol–water partition coefficient (Wildman–Crippen LogP) is 4.28. The van der Waals surface area contributed by atoms with Gasteiger partial charge in [0.2, 0.25) is 11.8 Å². The average molecular weight is 515 g/mol. The molecule has 2 heterocycles. The minimum Gasteiger partial charge on any atom is -0.465 e. The van der Waals surface area contributed by atoms with Gasteiger partial charge in [-0.15, -0.1) is 12.4 Å². The molecule has 0 radical (unpaired) electrons.